The molecule has 2 aliphatic heterocycles. The fourth-order valence-corrected chi connectivity index (χ4v) is 2.36. The third kappa shape index (κ3) is 1.34. The number of ether oxygens (including phenoxy) is 2. The summed E-state index contributed by atoms with van der Waals surface area (Å²) < 4.78 is 10.7. The van der Waals surface area contributed by atoms with Gasteiger partial charge in [-0.15, -0.1) is 0 Å². The summed E-state index contributed by atoms with van der Waals surface area (Å²) in [5.74, 6) is 0.616. The molecule has 0 bridgehead atoms. The Kier molecular flexibility index (Phi) is 1.96. The molecule has 0 spiro atoms. The van der Waals surface area contributed by atoms with Crippen molar-refractivity contribution in [2.45, 2.75) is 44.8 Å². The zero-order valence-corrected chi connectivity index (χ0v) is 8.79. The lowest BCUT2D eigenvalue weighted by Crippen LogP contribution is -2.11. The number of fused-ring (bicyclic) bond motifs is 2. The zero-order chi connectivity index (χ0) is 10.4. The molecule has 3 aliphatic rings. The normalized spacial score (nSPS) is 35.3. The van der Waals surface area contributed by atoms with Gasteiger partial charge >= 0.3 is 5.97 Å². The molecule has 0 saturated carbocycles. The predicted octanol–water partition coefficient (Wildman–Crippen LogP) is 2.08. The van der Waals surface area contributed by atoms with Crippen molar-refractivity contribution in [2.24, 2.45) is 0 Å². The minimum absolute atomic E-state index is 0.0498. The van der Waals surface area contributed by atoms with Crippen LogP contribution in [0.4, 0.5) is 0 Å². The highest BCUT2D eigenvalue weighted by Crippen LogP contribution is 2.46. The van der Waals surface area contributed by atoms with E-state index in [4.69, 9.17) is 9.47 Å². The van der Waals surface area contributed by atoms with Crippen LogP contribution in [0.15, 0.2) is 23.0 Å². The molecule has 3 rings (SSSR count). The van der Waals surface area contributed by atoms with E-state index in [1.165, 1.54) is 0 Å². The Hall–Kier alpha value is -1.09. The van der Waals surface area contributed by atoms with Crippen LogP contribution in [0.1, 0.15) is 32.6 Å². The molecular formula is C12H14O3. The van der Waals surface area contributed by atoms with Crippen LogP contribution in [0.5, 0.6) is 0 Å². The van der Waals surface area contributed by atoms with Crippen molar-refractivity contribution in [3.05, 3.63) is 23.0 Å². The van der Waals surface area contributed by atoms with Gasteiger partial charge in [-0.3, -0.25) is 0 Å². The highest BCUT2D eigenvalue weighted by molar-refractivity contribution is 5.96. The van der Waals surface area contributed by atoms with Gasteiger partial charge in [0, 0.05) is 5.57 Å². The summed E-state index contributed by atoms with van der Waals surface area (Å²) in [5.41, 5.74) is 1.90. The third-order valence-corrected chi connectivity index (χ3v) is 3.21. The summed E-state index contributed by atoms with van der Waals surface area (Å²) in [5, 5.41) is 0. The first kappa shape index (κ1) is 9.16. The number of hydrogen-bond acceptors (Lipinski definition) is 3. The number of carbonyl (C=O) groups excluding carboxylic acids is 1. The van der Waals surface area contributed by atoms with Gasteiger partial charge in [-0.25, -0.2) is 4.79 Å². The Morgan fingerprint density at radius 1 is 1.53 bits per heavy atom. The largest absolute Gasteiger partial charge is 0.423 e. The molecule has 2 heterocycles. The van der Waals surface area contributed by atoms with Crippen molar-refractivity contribution in [1.29, 1.82) is 0 Å². The summed E-state index contributed by atoms with van der Waals surface area (Å²) in [7, 11) is 0. The smallest absolute Gasteiger partial charge is 0.342 e. The van der Waals surface area contributed by atoms with Gasteiger partial charge in [0.05, 0.1) is 11.7 Å². The molecule has 0 radical (unpaired) electrons. The first-order valence-corrected chi connectivity index (χ1v) is 5.62. The lowest BCUT2D eigenvalue weighted by atomic mass is 9.92. The van der Waals surface area contributed by atoms with E-state index in [9.17, 15) is 4.79 Å². The second-order valence-electron chi connectivity index (χ2n) is 4.27. The maximum absolute atomic E-state index is 11.6. The average molecular weight is 206 g/mol. The van der Waals surface area contributed by atoms with Crippen LogP contribution >= 0.6 is 0 Å². The molecule has 0 amide bonds. The molecule has 3 heteroatoms. The Bertz CT molecular complexity index is 378. The molecular weight excluding hydrogens is 192 g/mol. The van der Waals surface area contributed by atoms with E-state index >= 15 is 0 Å². The Morgan fingerprint density at radius 3 is 3.20 bits per heavy atom. The van der Waals surface area contributed by atoms with Crippen LogP contribution in [0.25, 0.3) is 0 Å². The number of carbonyl (C=O) groups is 1. The van der Waals surface area contributed by atoms with E-state index < -0.39 is 0 Å². The minimum Gasteiger partial charge on any atom is -0.423 e. The van der Waals surface area contributed by atoms with Crippen LogP contribution in [-0.2, 0) is 14.3 Å². The van der Waals surface area contributed by atoms with Gasteiger partial charge in [-0.1, -0.05) is 13.3 Å². The molecule has 0 aromatic carbocycles. The highest BCUT2D eigenvalue weighted by atomic mass is 16.6. The van der Waals surface area contributed by atoms with E-state index in [-0.39, 0.29) is 12.1 Å². The second-order valence-corrected chi connectivity index (χ2v) is 4.27. The number of allylic oxidation sites excluding steroid dienone is 2. The van der Waals surface area contributed by atoms with Crippen molar-refractivity contribution in [3.8, 4) is 0 Å². The number of cyclic esters (lactones) is 1. The summed E-state index contributed by atoms with van der Waals surface area (Å²) in [6, 6.07) is 0. The highest BCUT2D eigenvalue weighted by Gasteiger charge is 2.52. The van der Waals surface area contributed by atoms with Crippen molar-refractivity contribution >= 4 is 5.97 Å². The SMILES string of the molecule is CCCC=C1OC(=O)C2=C1CCC1OC21. The molecule has 80 valence electrons. The Balaban J connectivity index is 1.93. The quantitative estimate of drug-likeness (QED) is 0.513. The first-order chi connectivity index (χ1) is 7.31. The van der Waals surface area contributed by atoms with Gasteiger partial charge in [0.15, 0.2) is 0 Å². The monoisotopic (exact) mass is 206 g/mol. The predicted molar refractivity (Wildman–Crippen MR) is 54.0 cm³/mol. The molecule has 0 aromatic rings. The maximum atomic E-state index is 11.6. The summed E-state index contributed by atoms with van der Waals surface area (Å²) in [6.45, 7) is 2.12. The summed E-state index contributed by atoms with van der Waals surface area (Å²) >= 11 is 0. The van der Waals surface area contributed by atoms with Crippen molar-refractivity contribution in [2.75, 3.05) is 0 Å². The molecule has 3 nitrogen and oxygen atoms in total. The third-order valence-electron chi connectivity index (χ3n) is 3.21. The van der Waals surface area contributed by atoms with Crippen molar-refractivity contribution in [1.82, 2.24) is 0 Å². The van der Waals surface area contributed by atoms with E-state index in [1.807, 2.05) is 6.08 Å². The van der Waals surface area contributed by atoms with Crippen LogP contribution in [0, 0.1) is 0 Å². The lowest BCUT2D eigenvalue weighted by molar-refractivity contribution is -0.133. The molecule has 1 fully saturated rings. The van der Waals surface area contributed by atoms with Crippen LogP contribution in [0.2, 0.25) is 0 Å². The van der Waals surface area contributed by atoms with Crippen molar-refractivity contribution in [3.63, 3.8) is 0 Å². The number of rotatable bonds is 2. The lowest BCUT2D eigenvalue weighted by Gasteiger charge is -2.06. The van der Waals surface area contributed by atoms with Gasteiger partial charge in [0.2, 0.25) is 0 Å². The molecule has 15 heavy (non-hydrogen) atoms. The van der Waals surface area contributed by atoms with Gasteiger partial charge in [0.25, 0.3) is 0 Å². The van der Waals surface area contributed by atoms with E-state index in [0.717, 1.165) is 42.6 Å². The molecule has 0 aromatic heterocycles. The molecule has 1 aliphatic carbocycles. The van der Waals surface area contributed by atoms with E-state index in [1.54, 1.807) is 0 Å². The standard InChI is InChI=1S/C12H14O3/c1-2-3-4-8-7-5-6-9-11(14-9)10(7)12(13)15-8/h4,9,11H,2-3,5-6H2,1H3. The molecule has 0 N–H and O–H groups in total. The van der Waals surface area contributed by atoms with Gasteiger partial charge in [-0.05, 0) is 25.3 Å². The Morgan fingerprint density at radius 2 is 2.40 bits per heavy atom. The maximum Gasteiger partial charge on any atom is 0.342 e. The van der Waals surface area contributed by atoms with Crippen molar-refractivity contribution < 1.29 is 14.3 Å². The number of esters is 1. The van der Waals surface area contributed by atoms with Crippen LogP contribution < -0.4 is 0 Å². The number of epoxide rings is 1. The van der Waals surface area contributed by atoms with Crippen LogP contribution in [0.3, 0.4) is 0 Å². The number of unbranched alkanes of at least 4 members (excludes halogenated alkanes) is 1. The zero-order valence-electron chi connectivity index (χ0n) is 8.79. The molecule has 1 saturated heterocycles. The van der Waals surface area contributed by atoms with E-state index in [0.29, 0.717) is 6.10 Å². The fraction of sp³-hybridized carbons (Fsp3) is 0.583. The van der Waals surface area contributed by atoms with E-state index in [2.05, 4.69) is 6.92 Å². The average Bonchev–Trinajstić information content (AvgIpc) is 2.95. The topological polar surface area (TPSA) is 38.8 Å². The van der Waals surface area contributed by atoms with Gasteiger partial charge in [0.1, 0.15) is 11.9 Å². The fourth-order valence-electron chi connectivity index (χ4n) is 2.36. The summed E-state index contributed by atoms with van der Waals surface area (Å²) in [4.78, 5) is 11.6. The number of hydrogen-bond donors (Lipinski definition) is 0. The minimum atomic E-state index is -0.181. The molecule has 2 unspecified atom stereocenters. The second kappa shape index (κ2) is 3.20. The summed E-state index contributed by atoms with van der Waals surface area (Å²) in [6.07, 6.45) is 6.38. The van der Waals surface area contributed by atoms with Gasteiger partial charge in [-0.2, -0.15) is 0 Å². The first-order valence-electron chi connectivity index (χ1n) is 5.62. The molecule has 2 atom stereocenters. The van der Waals surface area contributed by atoms with Crippen LogP contribution in [-0.4, -0.2) is 18.2 Å². The Labute approximate surface area is 88.7 Å². The van der Waals surface area contributed by atoms with Gasteiger partial charge < -0.3 is 9.47 Å².